The highest BCUT2D eigenvalue weighted by Gasteiger charge is 2.35. The molecule has 0 fully saturated rings. The summed E-state index contributed by atoms with van der Waals surface area (Å²) >= 11 is 0.897. The minimum atomic E-state index is -4.70. The van der Waals surface area contributed by atoms with Crippen molar-refractivity contribution in [1.82, 2.24) is 9.97 Å². The second-order valence-electron chi connectivity index (χ2n) is 5.62. The van der Waals surface area contributed by atoms with E-state index in [1.54, 1.807) is 25.1 Å². The largest absolute Gasteiger partial charge is 0.451 e. The van der Waals surface area contributed by atoms with E-state index in [-0.39, 0.29) is 10.5 Å². The van der Waals surface area contributed by atoms with Gasteiger partial charge in [0.25, 0.3) is 0 Å². The molecule has 3 rings (SSSR count). The molecule has 4 nitrogen and oxygen atoms in total. The van der Waals surface area contributed by atoms with Gasteiger partial charge < -0.3 is 5.32 Å². The first kappa shape index (κ1) is 19.1. The van der Waals surface area contributed by atoms with Gasteiger partial charge in [-0.3, -0.25) is 4.79 Å². The smallest absolute Gasteiger partial charge is 0.325 e. The molecule has 1 unspecified atom stereocenters. The van der Waals surface area contributed by atoms with Crippen LogP contribution < -0.4 is 5.32 Å². The Hall–Kier alpha value is -2.68. The Morgan fingerprint density at radius 3 is 2.41 bits per heavy atom. The molecule has 1 aromatic heterocycles. The Morgan fingerprint density at radius 2 is 1.74 bits per heavy atom. The van der Waals surface area contributed by atoms with Crippen LogP contribution in [0.3, 0.4) is 0 Å². The van der Waals surface area contributed by atoms with Crippen LogP contribution in [0.1, 0.15) is 12.7 Å². The molecule has 0 aliphatic rings. The maximum Gasteiger partial charge on any atom is 0.451 e. The lowest BCUT2D eigenvalue weighted by atomic mass is 10.2. The number of alkyl halides is 3. The topological polar surface area (TPSA) is 54.9 Å². The van der Waals surface area contributed by atoms with Crippen LogP contribution in [0.2, 0.25) is 0 Å². The summed E-state index contributed by atoms with van der Waals surface area (Å²) in [7, 11) is 0. The molecule has 0 saturated carbocycles. The molecular formula is C18H13F4N3OS. The highest BCUT2D eigenvalue weighted by atomic mass is 32.2. The van der Waals surface area contributed by atoms with Gasteiger partial charge in [-0.1, -0.05) is 30.0 Å². The van der Waals surface area contributed by atoms with Crippen LogP contribution in [0.15, 0.2) is 53.6 Å². The average molecular weight is 395 g/mol. The van der Waals surface area contributed by atoms with Gasteiger partial charge in [0, 0.05) is 11.1 Å². The highest BCUT2D eigenvalue weighted by molar-refractivity contribution is 8.00. The SMILES string of the molecule is CC(Sc1nc(C(F)(F)F)nc2ccccc12)C(=O)Nc1ccc(F)cc1. The van der Waals surface area contributed by atoms with Crippen molar-refractivity contribution in [3.8, 4) is 0 Å². The van der Waals surface area contributed by atoms with Gasteiger partial charge >= 0.3 is 6.18 Å². The predicted octanol–water partition coefficient (Wildman–Crippen LogP) is 4.91. The summed E-state index contributed by atoms with van der Waals surface area (Å²) in [5, 5.41) is 2.34. The van der Waals surface area contributed by atoms with Crippen molar-refractivity contribution in [3.63, 3.8) is 0 Å². The third-order valence-corrected chi connectivity index (χ3v) is 4.69. The molecule has 3 aromatic rings. The minimum Gasteiger partial charge on any atom is -0.325 e. The fourth-order valence-corrected chi connectivity index (χ4v) is 3.20. The van der Waals surface area contributed by atoms with Crippen molar-refractivity contribution in [2.24, 2.45) is 0 Å². The maximum absolute atomic E-state index is 13.1. The van der Waals surface area contributed by atoms with E-state index in [1.807, 2.05) is 0 Å². The van der Waals surface area contributed by atoms with Gasteiger partial charge in [-0.15, -0.1) is 0 Å². The molecule has 9 heteroatoms. The number of nitrogens with one attached hydrogen (secondary N) is 1. The number of anilines is 1. The summed E-state index contributed by atoms with van der Waals surface area (Å²) in [6.45, 7) is 1.55. The molecule has 0 spiro atoms. The molecule has 2 aromatic carbocycles. The number of carbonyl (C=O) groups excluding carboxylic acids is 1. The van der Waals surface area contributed by atoms with Crippen molar-refractivity contribution in [2.45, 2.75) is 23.4 Å². The summed E-state index contributed by atoms with van der Waals surface area (Å²) in [5.74, 6) is -2.14. The molecule has 0 bridgehead atoms. The first-order valence-electron chi connectivity index (χ1n) is 7.81. The summed E-state index contributed by atoms with van der Waals surface area (Å²) in [6.07, 6.45) is -4.70. The molecule has 1 heterocycles. The lowest BCUT2D eigenvalue weighted by Crippen LogP contribution is -2.22. The third kappa shape index (κ3) is 4.54. The van der Waals surface area contributed by atoms with E-state index in [0.717, 1.165) is 11.8 Å². The number of para-hydroxylation sites is 1. The van der Waals surface area contributed by atoms with Gasteiger partial charge in [-0.25, -0.2) is 14.4 Å². The van der Waals surface area contributed by atoms with Gasteiger partial charge in [0.2, 0.25) is 11.7 Å². The van der Waals surface area contributed by atoms with Crippen LogP contribution in [0, 0.1) is 5.82 Å². The number of hydrogen-bond donors (Lipinski definition) is 1. The van der Waals surface area contributed by atoms with Gasteiger partial charge in [0.05, 0.1) is 10.8 Å². The number of hydrogen-bond acceptors (Lipinski definition) is 4. The standard InChI is InChI=1S/C18H13F4N3OS/c1-10(15(26)23-12-8-6-11(19)7-9-12)27-16-13-4-2-3-5-14(13)24-17(25-16)18(20,21)22/h2-10H,1H3,(H,23,26). The van der Waals surface area contributed by atoms with E-state index in [9.17, 15) is 22.4 Å². The Bertz CT molecular complexity index is 976. The Morgan fingerprint density at radius 1 is 1.07 bits per heavy atom. The quantitative estimate of drug-likeness (QED) is 0.388. The minimum absolute atomic E-state index is 0.0645. The highest BCUT2D eigenvalue weighted by Crippen LogP contribution is 2.33. The van der Waals surface area contributed by atoms with Gasteiger partial charge in [0.15, 0.2) is 0 Å². The summed E-state index contributed by atoms with van der Waals surface area (Å²) in [6, 6.07) is 11.5. The van der Waals surface area contributed by atoms with E-state index >= 15 is 0 Å². The molecule has 1 atom stereocenters. The third-order valence-electron chi connectivity index (χ3n) is 3.59. The number of carbonyl (C=O) groups is 1. The molecular weight excluding hydrogens is 382 g/mol. The average Bonchev–Trinajstić information content (AvgIpc) is 2.62. The predicted molar refractivity (Wildman–Crippen MR) is 94.9 cm³/mol. The summed E-state index contributed by atoms with van der Waals surface area (Å²) in [4.78, 5) is 19.5. The zero-order valence-corrected chi connectivity index (χ0v) is 14.7. The molecule has 0 saturated heterocycles. The number of rotatable bonds is 4. The number of fused-ring (bicyclic) bond motifs is 1. The molecule has 27 heavy (non-hydrogen) atoms. The zero-order chi connectivity index (χ0) is 19.6. The Kier molecular flexibility index (Phi) is 5.31. The van der Waals surface area contributed by atoms with Crippen molar-refractivity contribution >= 4 is 34.3 Å². The van der Waals surface area contributed by atoms with Crippen molar-refractivity contribution in [2.75, 3.05) is 5.32 Å². The van der Waals surface area contributed by atoms with Crippen LogP contribution in [0.25, 0.3) is 10.9 Å². The second-order valence-corrected chi connectivity index (χ2v) is 6.95. The number of amides is 1. The number of nitrogens with zero attached hydrogens (tertiary/aromatic N) is 2. The zero-order valence-electron chi connectivity index (χ0n) is 13.9. The molecule has 140 valence electrons. The van der Waals surface area contributed by atoms with Gasteiger partial charge in [-0.05, 0) is 37.3 Å². The number of benzene rings is 2. The lowest BCUT2D eigenvalue weighted by Gasteiger charge is -2.14. The van der Waals surface area contributed by atoms with Crippen LogP contribution in [-0.4, -0.2) is 21.1 Å². The monoisotopic (exact) mass is 395 g/mol. The van der Waals surface area contributed by atoms with Crippen molar-refractivity contribution in [3.05, 3.63) is 60.2 Å². The number of aromatic nitrogens is 2. The molecule has 1 amide bonds. The van der Waals surface area contributed by atoms with E-state index in [1.165, 1.54) is 30.3 Å². The van der Waals surface area contributed by atoms with Crippen LogP contribution in [0.4, 0.5) is 23.2 Å². The molecule has 1 N–H and O–H groups in total. The fourth-order valence-electron chi connectivity index (χ4n) is 2.26. The van der Waals surface area contributed by atoms with Crippen molar-refractivity contribution < 1.29 is 22.4 Å². The Labute approximate surface area is 156 Å². The van der Waals surface area contributed by atoms with Gasteiger partial charge in [0.1, 0.15) is 10.8 Å². The molecule has 0 aliphatic carbocycles. The maximum atomic E-state index is 13.1. The summed E-state index contributed by atoms with van der Waals surface area (Å²) < 4.78 is 52.1. The van der Waals surface area contributed by atoms with Crippen LogP contribution >= 0.6 is 11.8 Å². The number of halogens is 4. The van der Waals surface area contributed by atoms with E-state index in [2.05, 4.69) is 15.3 Å². The normalized spacial score (nSPS) is 12.8. The Balaban J connectivity index is 1.86. The molecule has 0 aliphatic heterocycles. The lowest BCUT2D eigenvalue weighted by molar-refractivity contribution is -0.145. The first-order valence-corrected chi connectivity index (χ1v) is 8.69. The molecule has 0 radical (unpaired) electrons. The van der Waals surface area contributed by atoms with Crippen molar-refractivity contribution in [1.29, 1.82) is 0 Å². The fraction of sp³-hybridized carbons (Fsp3) is 0.167. The first-order chi connectivity index (χ1) is 12.7. The van der Waals surface area contributed by atoms with E-state index in [4.69, 9.17) is 0 Å². The van der Waals surface area contributed by atoms with Crippen LogP contribution in [0.5, 0.6) is 0 Å². The van der Waals surface area contributed by atoms with Crippen LogP contribution in [-0.2, 0) is 11.0 Å². The van der Waals surface area contributed by atoms with Gasteiger partial charge in [-0.2, -0.15) is 13.2 Å². The number of thioether (sulfide) groups is 1. The second kappa shape index (κ2) is 7.51. The van der Waals surface area contributed by atoms with E-state index < -0.39 is 29.0 Å². The summed E-state index contributed by atoms with van der Waals surface area (Å²) in [5.41, 5.74) is 0.533. The van der Waals surface area contributed by atoms with E-state index in [0.29, 0.717) is 11.1 Å².